The number of hydrazine groups is 1. The minimum absolute atomic E-state index is 0.152. The Morgan fingerprint density at radius 3 is 2.17 bits per heavy atom. The zero-order valence-electron chi connectivity index (χ0n) is 15.1. The Balaban J connectivity index is 1.68. The van der Waals surface area contributed by atoms with Gasteiger partial charge in [0.2, 0.25) is 0 Å². The number of amides is 2. The maximum atomic E-state index is 13.6. The van der Waals surface area contributed by atoms with Gasteiger partial charge in [-0.05, 0) is 42.0 Å². The van der Waals surface area contributed by atoms with Crippen molar-refractivity contribution in [2.24, 2.45) is 0 Å². The van der Waals surface area contributed by atoms with E-state index in [1.165, 1.54) is 42.5 Å². The zero-order valence-corrected chi connectivity index (χ0v) is 15.9. The van der Waals surface area contributed by atoms with Crippen LogP contribution in [-0.4, -0.2) is 20.2 Å². The van der Waals surface area contributed by atoms with Crippen molar-refractivity contribution in [2.75, 3.05) is 0 Å². The van der Waals surface area contributed by atoms with Gasteiger partial charge < -0.3 is 0 Å². The Morgan fingerprint density at radius 1 is 0.793 bits per heavy atom. The average Bonchev–Trinajstić information content (AvgIpc) is 2.72. The highest BCUT2D eigenvalue weighted by Crippen LogP contribution is 2.17. The Hall–Kier alpha value is -3.52. The molecule has 0 bridgehead atoms. The van der Waals surface area contributed by atoms with E-state index in [2.05, 4.69) is 10.9 Å². The van der Waals surface area contributed by atoms with Crippen molar-refractivity contribution in [2.45, 2.75) is 10.6 Å². The van der Waals surface area contributed by atoms with Crippen LogP contribution in [0.3, 0.4) is 0 Å². The van der Waals surface area contributed by atoms with Gasteiger partial charge in [0.1, 0.15) is 5.82 Å². The monoisotopic (exact) mass is 412 g/mol. The molecule has 0 unspecified atom stereocenters. The van der Waals surface area contributed by atoms with Crippen LogP contribution in [0.2, 0.25) is 0 Å². The second-order valence-corrected chi connectivity index (χ2v) is 8.15. The standard InChI is InChI=1S/C21H17FN2O4S/c22-19-12-5-4-11-18(19)21(26)24-23-20(25)16-8-6-7-15(13-16)14-29(27,28)17-9-2-1-3-10-17/h1-13H,14H2,(H,23,25)(H,24,26). The van der Waals surface area contributed by atoms with E-state index in [4.69, 9.17) is 0 Å². The third-order valence-electron chi connectivity index (χ3n) is 4.06. The van der Waals surface area contributed by atoms with Crippen molar-refractivity contribution in [3.8, 4) is 0 Å². The summed E-state index contributed by atoms with van der Waals surface area (Å²) >= 11 is 0. The summed E-state index contributed by atoms with van der Waals surface area (Å²) in [6.07, 6.45) is 0. The van der Waals surface area contributed by atoms with Gasteiger partial charge in [0.25, 0.3) is 11.8 Å². The lowest BCUT2D eigenvalue weighted by atomic mass is 10.1. The first-order chi connectivity index (χ1) is 13.9. The summed E-state index contributed by atoms with van der Waals surface area (Å²) in [5.74, 6) is -2.46. The van der Waals surface area contributed by atoms with Crippen molar-refractivity contribution >= 4 is 21.7 Å². The van der Waals surface area contributed by atoms with E-state index < -0.39 is 27.5 Å². The average molecular weight is 412 g/mol. The highest BCUT2D eigenvalue weighted by molar-refractivity contribution is 7.90. The molecule has 6 nitrogen and oxygen atoms in total. The van der Waals surface area contributed by atoms with Gasteiger partial charge in [-0.25, -0.2) is 12.8 Å². The van der Waals surface area contributed by atoms with Crippen LogP contribution in [0, 0.1) is 5.82 Å². The van der Waals surface area contributed by atoms with Crippen molar-refractivity contribution in [1.82, 2.24) is 10.9 Å². The molecule has 3 rings (SSSR count). The summed E-state index contributed by atoms with van der Waals surface area (Å²) in [4.78, 5) is 24.4. The molecule has 148 valence electrons. The van der Waals surface area contributed by atoms with Gasteiger partial charge in [-0.2, -0.15) is 0 Å². The molecule has 2 amide bonds. The molecule has 8 heteroatoms. The lowest BCUT2D eigenvalue weighted by Gasteiger charge is -2.09. The molecule has 0 fully saturated rings. The van der Waals surface area contributed by atoms with Crippen molar-refractivity contribution in [3.05, 3.63) is 101 Å². The van der Waals surface area contributed by atoms with Crippen LogP contribution in [-0.2, 0) is 15.6 Å². The molecule has 0 aliphatic carbocycles. The molecule has 0 saturated heterocycles. The zero-order chi connectivity index (χ0) is 20.9. The molecule has 0 atom stereocenters. The summed E-state index contributed by atoms with van der Waals surface area (Å²) in [5, 5.41) is 0. The quantitative estimate of drug-likeness (QED) is 0.631. The smallest absolute Gasteiger partial charge is 0.267 e. The van der Waals surface area contributed by atoms with Crippen LogP contribution in [0.4, 0.5) is 4.39 Å². The number of rotatable bonds is 5. The van der Waals surface area contributed by atoms with Gasteiger partial charge in [-0.3, -0.25) is 20.4 Å². The number of hydrogen-bond acceptors (Lipinski definition) is 4. The second kappa shape index (κ2) is 8.66. The van der Waals surface area contributed by atoms with Crippen LogP contribution in [0.1, 0.15) is 26.3 Å². The molecule has 3 aromatic rings. The minimum atomic E-state index is -3.57. The summed E-state index contributed by atoms with van der Waals surface area (Å²) in [7, 11) is -3.57. The van der Waals surface area contributed by atoms with Gasteiger partial charge in [0.15, 0.2) is 9.84 Å². The molecule has 0 aliphatic heterocycles. The SMILES string of the molecule is O=C(NNC(=O)c1ccccc1F)c1cccc(CS(=O)(=O)c2ccccc2)c1. The molecule has 0 aliphatic rings. The van der Waals surface area contributed by atoms with E-state index in [9.17, 15) is 22.4 Å². The summed E-state index contributed by atoms with van der Waals surface area (Å²) in [6, 6.07) is 19.4. The van der Waals surface area contributed by atoms with Crippen LogP contribution >= 0.6 is 0 Å². The molecule has 0 heterocycles. The van der Waals surface area contributed by atoms with E-state index in [-0.39, 0.29) is 21.8 Å². The lowest BCUT2D eigenvalue weighted by Crippen LogP contribution is -2.42. The Kier molecular flexibility index (Phi) is 6.04. The van der Waals surface area contributed by atoms with Gasteiger partial charge >= 0.3 is 0 Å². The van der Waals surface area contributed by atoms with Gasteiger partial charge in [0, 0.05) is 5.56 Å². The molecule has 0 saturated carbocycles. The maximum absolute atomic E-state index is 13.6. The summed E-state index contributed by atoms with van der Waals surface area (Å²) in [6.45, 7) is 0. The van der Waals surface area contributed by atoms with E-state index in [0.717, 1.165) is 6.07 Å². The first-order valence-electron chi connectivity index (χ1n) is 8.59. The van der Waals surface area contributed by atoms with Gasteiger partial charge in [-0.15, -0.1) is 0 Å². The van der Waals surface area contributed by atoms with E-state index in [1.54, 1.807) is 30.3 Å². The molecule has 0 spiro atoms. The fraction of sp³-hybridized carbons (Fsp3) is 0.0476. The van der Waals surface area contributed by atoms with Crippen molar-refractivity contribution in [3.63, 3.8) is 0 Å². The topological polar surface area (TPSA) is 92.3 Å². The third kappa shape index (κ3) is 5.05. The molecule has 2 N–H and O–H groups in total. The number of benzene rings is 3. The summed E-state index contributed by atoms with van der Waals surface area (Å²) in [5.41, 5.74) is 4.68. The number of carbonyl (C=O) groups excluding carboxylic acids is 2. The number of sulfone groups is 1. The van der Waals surface area contributed by atoms with E-state index >= 15 is 0 Å². The molecule has 0 radical (unpaired) electrons. The van der Waals surface area contributed by atoms with Crippen LogP contribution in [0.25, 0.3) is 0 Å². The Bertz CT molecular complexity index is 1150. The van der Waals surface area contributed by atoms with Crippen molar-refractivity contribution < 1.29 is 22.4 Å². The van der Waals surface area contributed by atoms with E-state index in [1.807, 2.05) is 0 Å². The van der Waals surface area contributed by atoms with Gasteiger partial charge in [-0.1, -0.05) is 42.5 Å². The lowest BCUT2D eigenvalue weighted by molar-refractivity contribution is 0.0844. The number of hydrogen-bond donors (Lipinski definition) is 2. The first kappa shape index (κ1) is 20.2. The van der Waals surface area contributed by atoms with E-state index in [0.29, 0.717) is 5.56 Å². The second-order valence-electron chi connectivity index (χ2n) is 6.16. The number of carbonyl (C=O) groups is 2. The molecule has 29 heavy (non-hydrogen) atoms. The Morgan fingerprint density at radius 2 is 1.45 bits per heavy atom. The predicted octanol–water partition coefficient (Wildman–Crippen LogP) is 2.87. The normalized spacial score (nSPS) is 10.9. The largest absolute Gasteiger partial charge is 0.272 e. The van der Waals surface area contributed by atoms with Crippen LogP contribution in [0.15, 0.2) is 83.8 Å². The first-order valence-corrected chi connectivity index (χ1v) is 10.2. The molecular weight excluding hydrogens is 395 g/mol. The molecule has 3 aromatic carbocycles. The number of halogens is 1. The molecule has 0 aromatic heterocycles. The fourth-order valence-electron chi connectivity index (χ4n) is 2.63. The maximum Gasteiger partial charge on any atom is 0.272 e. The van der Waals surface area contributed by atoms with Crippen LogP contribution in [0.5, 0.6) is 0 Å². The fourth-order valence-corrected chi connectivity index (χ4v) is 3.99. The van der Waals surface area contributed by atoms with Crippen molar-refractivity contribution in [1.29, 1.82) is 0 Å². The highest BCUT2D eigenvalue weighted by Gasteiger charge is 2.17. The Labute approximate surface area is 167 Å². The summed E-state index contributed by atoms with van der Waals surface area (Å²) < 4.78 is 38.6. The minimum Gasteiger partial charge on any atom is -0.267 e. The molecular formula is C21H17FN2O4S. The highest BCUT2D eigenvalue weighted by atomic mass is 32.2. The van der Waals surface area contributed by atoms with Crippen LogP contribution < -0.4 is 10.9 Å². The predicted molar refractivity (Wildman–Crippen MR) is 105 cm³/mol. The van der Waals surface area contributed by atoms with Gasteiger partial charge in [0.05, 0.1) is 16.2 Å². The third-order valence-corrected chi connectivity index (χ3v) is 5.76. The number of nitrogens with one attached hydrogen (secondary N) is 2.